The summed E-state index contributed by atoms with van der Waals surface area (Å²) in [7, 11) is 0. The molecule has 2 aromatic rings. The van der Waals surface area contributed by atoms with Crippen molar-refractivity contribution in [3.8, 4) is 11.1 Å². The molecular formula is C22H26N2O2. The molecule has 1 aliphatic heterocycles. The zero-order chi connectivity index (χ0) is 18.5. The number of piperazine rings is 1. The minimum atomic E-state index is -0.0165. The van der Waals surface area contributed by atoms with Crippen molar-refractivity contribution < 1.29 is 9.59 Å². The summed E-state index contributed by atoms with van der Waals surface area (Å²) < 4.78 is 0. The Balaban J connectivity index is 1.86. The van der Waals surface area contributed by atoms with Crippen LogP contribution in [0.5, 0.6) is 0 Å². The van der Waals surface area contributed by atoms with Crippen LogP contribution in [-0.4, -0.2) is 35.8 Å². The van der Waals surface area contributed by atoms with Crippen LogP contribution in [0.2, 0.25) is 0 Å². The first kappa shape index (κ1) is 18.2. The van der Waals surface area contributed by atoms with Crippen molar-refractivity contribution in [2.24, 2.45) is 0 Å². The Labute approximate surface area is 155 Å². The van der Waals surface area contributed by atoms with Crippen LogP contribution in [-0.2, 0) is 9.59 Å². The second-order valence-corrected chi connectivity index (χ2v) is 6.86. The highest BCUT2D eigenvalue weighted by Gasteiger charge is 2.33. The number of amides is 2. The molecule has 26 heavy (non-hydrogen) atoms. The van der Waals surface area contributed by atoms with Gasteiger partial charge in [-0.05, 0) is 29.7 Å². The fraction of sp³-hybridized carbons (Fsp3) is 0.364. The van der Waals surface area contributed by atoms with Gasteiger partial charge in [0.2, 0.25) is 11.8 Å². The molecule has 4 nitrogen and oxygen atoms in total. The monoisotopic (exact) mass is 350 g/mol. The molecular weight excluding hydrogens is 324 g/mol. The van der Waals surface area contributed by atoms with Crippen LogP contribution < -0.4 is 4.90 Å². The molecule has 2 aromatic carbocycles. The van der Waals surface area contributed by atoms with Crippen LogP contribution in [0, 0.1) is 0 Å². The van der Waals surface area contributed by atoms with Crippen LogP contribution in [0.3, 0.4) is 0 Å². The van der Waals surface area contributed by atoms with Crippen molar-refractivity contribution in [1.82, 2.24) is 4.90 Å². The smallest absolute Gasteiger partial charge is 0.246 e. The predicted octanol–water partition coefficient (Wildman–Crippen LogP) is 4.11. The van der Waals surface area contributed by atoms with E-state index >= 15 is 0 Å². The van der Waals surface area contributed by atoms with Gasteiger partial charge in [-0.25, -0.2) is 0 Å². The Morgan fingerprint density at radius 1 is 1.08 bits per heavy atom. The molecule has 1 fully saturated rings. The third-order valence-electron chi connectivity index (χ3n) is 5.00. The van der Waals surface area contributed by atoms with Gasteiger partial charge in [-0.15, -0.1) is 0 Å². The van der Waals surface area contributed by atoms with E-state index in [4.69, 9.17) is 0 Å². The SMILES string of the molecule is CCCC[C@@H]1CN(c2cccc(-c3ccccc3)c2)C(=O)CN1C(C)=O. The second-order valence-electron chi connectivity index (χ2n) is 6.86. The van der Waals surface area contributed by atoms with Gasteiger partial charge in [0, 0.05) is 19.2 Å². The number of anilines is 1. The van der Waals surface area contributed by atoms with Crippen LogP contribution in [0.25, 0.3) is 11.1 Å². The highest BCUT2D eigenvalue weighted by molar-refractivity contribution is 5.98. The maximum atomic E-state index is 12.7. The number of carbonyl (C=O) groups is 2. The fourth-order valence-corrected chi connectivity index (χ4v) is 3.56. The number of hydrogen-bond acceptors (Lipinski definition) is 2. The molecule has 2 amide bonds. The minimum absolute atomic E-state index is 0.0156. The number of benzene rings is 2. The summed E-state index contributed by atoms with van der Waals surface area (Å²) >= 11 is 0. The zero-order valence-electron chi connectivity index (χ0n) is 15.5. The minimum Gasteiger partial charge on any atom is -0.329 e. The Hall–Kier alpha value is -2.62. The lowest BCUT2D eigenvalue weighted by Crippen LogP contribution is -2.57. The van der Waals surface area contributed by atoms with Crippen molar-refractivity contribution >= 4 is 17.5 Å². The molecule has 4 heteroatoms. The van der Waals surface area contributed by atoms with Gasteiger partial charge in [0.1, 0.15) is 6.54 Å². The van der Waals surface area contributed by atoms with E-state index in [1.54, 1.807) is 11.8 Å². The first-order valence-electron chi connectivity index (χ1n) is 9.33. The van der Waals surface area contributed by atoms with E-state index in [0.29, 0.717) is 6.54 Å². The highest BCUT2D eigenvalue weighted by Crippen LogP contribution is 2.27. The zero-order valence-corrected chi connectivity index (χ0v) is 15.5. The van der Waals surface area contributed by atoms with Crippen LogP contribution >= 0.6 is 0 Å². The predicted molar refractivity (Wildman–Crippen MR) is 105 cm³/mol. The summed E-state index contributed by atoms with van der Waals surface area (Å²) in [5.74, 6) is -0.0321. The van der Waals surface area contributed by atoms with E-state index in [9.17, 15) is 9.59 Å². The maximum absolute atomic E-state index is 12.7. The summed E-state index contributed by atoms with van der Waals surface area (Å²) in [6, 6.07) is 18.3. The van der Waals surface area contributed by atoms with Gasteiger partial charge in [-0.2, -0.15) is 0 Å². The van der Waals surface area contributed by atoms with E-state index in [2.05, 4.69) is 31.2 Å². The third-order valence-corrected chi connectivity index (χ3v) is 5.00. The molecule has 0 aliphatic carbocycles. The molecule has 1 heterocycles. The van der Waals surface area contributed by atoms with Gasteiger partial charge < -0.3 is 9.80 Å². The van der Waals surface area contributed by atoms with E-state index < -0.39 is 0 Å². The lowest BCUT2D eigenvalue weighted by molar-refractivity contribution is -0.138. The third kappa shape index (κ3) is 3.96. The molecule has 0 bridgehead atoms. The Morgan fingerprint density at radius 3 is 2.50 bits per heavy atom. The fourth-order valence-electron chi connectivity index (χ4n) is 3.56. The van der Waals surface area contributed by atoms with Crippen LogP contribution in [0.15, 0.2) is 54.6 Å². The molecule has 1 aliphatic rings. The van der Waals surface area contributed by atoms with Gasteiger partial charge in [0.15, 0.2) is 0 Å². The van der Waals surface area contributed by atoms with E-state index in [1.807, 2.05) is 35.2 Å². The lowest BCUT2D eigenvalue weighted by atomic mass is 10.0. The Kier molecular flexibility index (Phi) is 5.71. The molecule has 136 valence electrons. The molecule has 0 radical (unpaired) electrons. The summed E-state index contributed by atoms with van der Waals surface area (Å²) in [6.07, 6.45) is 3.07. The molecule has 0 aromatic heterocycles. The quantitative estimate of drug-likeness (QED) is 0.814. The number of nitrogens with zero attached hydrogens (tertiary/aromatic N) is 2. The van der Waals surface area contributed by atoms with Crippen LogP contribution in [0.4, 0.5) is 5.69 Å². The van der Waals surface area contributed by atoms with Crippen LogP contribution in [0.1, 0.15) is 33.1 Å². The number of unbranched alkanes of at least 4 members (excludes halogenated alkanes) is 1. The molecule has 0 saturated carbocycles. The molecule has 0 unspecified atom stereocenters. The first-order chi connectivity index (χ1) is 12.6. The van der Waals surface area contributed by atoms with Crippen molar-refractivity contribution in [3.05, 3.63) is 54.6 Å². The van der Waals surface area contributed by atoms with Gasteiger partial charge in [0.05, 0.1) is 6.04 Å². The van der Waals surface area contributed by atoms with Gasteiger partial charge >= 0.3 is 0 Å². The van der Waals surface area contributed by atoms with E-state index in [1.165, 1.54) is 0 Å². The summed E-state index contributed by atoms with van der Waals surface area (Å²) in [4.78, 5) is 28.2. The van der Waals surface area contributed by atoms with Gasteiger partial charge in [0.25, 0.3) is 0 Å². The van der Waals surface area contributed by atoms with Crippen molar-refractivity contribution in [1.29, 1.82) is 0 Å². The summed E-state index contributed by atoms with van der Waals surface area (Å²) in [5.41, 5.74) is 3.13. The van der Waals surface area contributed by atoms with E-state index in [0.717, 1.165) is 36.1 Å². The molecule has 1 atom stereocenters. The van der Waals surface area contributed by atoms with Crippen molar-refractivity contribution in [3.63, 3.8) is 0 Å². The Bertz CT molecular complexity index is 773. The lowest BCUT2D eigenvalue weighted by Gasteiger charge is -2.40. The van der Waals surface area contributed by atoms with Crippen molar-refractivity contribution in [2.45, 2.75) is 39.2 Å². The summed E-state index contributed by atoms with van der Waals surface area (Å²) in [5, 5.41) is 0. The molecule has 0 spiro atoms. The normalized spacial score (nSPS) is 17.5. The number of hydrogen-bond donors (Lipinski definition) is 0. The van der Waals surface area contributed by atoms with Crippen molar-refractivity contribution in [2.75, 3.05) is 18.0 Å². The highest BCUT2D eigenvalue weighted by atomic mass is 16.2. The summed E-state index contributed by atoms with van der Waals surface area (Å²) in [6.45, 7) is 4.43. The maximum Gasteiger partial charge on any atom is 0.246 e. The average molecular weight is 350 g/mol. The molecule has 0 N–H and O–H groups in total. The molecule has 3 rings (SSSR count). The number of rotatable bonds is 5. The van der Waals surface area contributed by atoms with Gasteiger partial charge in [-0.3, -0.25) is 9.59 Å². The largest absolute Gasteiger partial charge is 0.329 e. The standard InChI is InChI=1S/C22H26N2O2/c1-3-4-12-21-15-24(22(26)16-23(21)17(2)25)20-13-8-11-19(14-20)18-9-6-5-7-10-18/h5-11,13-14,21H,3-4,12,15-16H2,1-2H3/t21-/m1/s1. The number of carbonyl (C=O) groups excluding carboxylic acids is 2. The van der Waals surface area contributed by atoms with Gasteiger partial charge in [-0.1, -0.05) is 62.2 Å². The second kappa shape index (κ2) is 8.17. The van der Waals surface area contributed by atoms with E-state index in [-0.39, 0.29) is 24.4 Å². The Morgan fingerprint density at radius 2 is 1.81 bits per heavy atom. The average Bonchev–Trinajstić information content (AvgIpc) is 2.67. The topological polar surface area (TPSA) is 40.6 Å². The molecule has 1 saturated heterocycles. The first-order valence-corrected chi connectivity index (χ1v) is 9.33.